The number of carbonyl (C=O) groups excluding carboxylic acids is 1. The van der Waals surface area contributed by atoms with Gasteiger partial charge in [0, 0.05) is 13.2 Å². The lowest BCUT2D eigenvalue weighted by atomic mass is 10.3. The minimum Gasteiger partial charge on any atom is -0.455 e. The van der Waals surface area contributed by atoms with Gasteiger partial charge in [0.1, 0.15) is 5.75 Å². The van der Waals surface area contributed by atoms with Crippen molar-refractivity contribution in [1.82, 2.24) is 20.0 Å². The molecule has 7 nitrogen and oxygen atoms in total. The summed E-state index contributed by atoms with van der Waals surface area (Å²) in [5, 5.41) is 3.69. The number of aromatic nitrogens is 3. The van der Waals surface area contributed by atoms with Crippen LogP contribution in [0.1, 0.15) is 16.3 Å². The van der Waals surface area contributed by atoms with Crippen LogP contribution in [-0.2, 0) is 6.54 Å². The van der Waals surface area contributed by atoms with Crippen molar-refractivity contribution in [2.75, 3.05) is 7.05 Å². The van der Waals surface area contributed by atoms with Crippen molar-refractivity contribution in [3.8, 4) is 11.5 Å². The Morgan fingerprint density at radius 2 is 2.00 bits per heavy atom. The van der Waals surface area contributed by atoms with E-state index in [1.807, 2.05) is 30.3 Å². The van der Waals surface area contributed by atoms with Crippen LogP contribution in [0.15, 0.2) is 59.6 Å². The molecule has 1 aromatic carbocycles. The lowest BCUT2D eigenvalue weighted by molar-refractivity contribution is 0.0772. The van der Waals surface area contributed by atoms with Gasteiger partial charge in [-0.15, -0.1) is 0 Å². The summed E-state index contributed by atoms with van der Waals surface area (Å²) >= 11 is 0. The van der Waals surface area contributed by atoms with Gasteiger partial charge in [0.05, 0.1) is 6.54 Å². The van der Waals surface area contributed by atoms with Crippen LogP contribution < -0.4 is 4.74 Å². The maximum absolute atomic E-state index is 12.6. The molecule has 0 N–H and O–H groups in total. The number of benzene rings is 1. The molecule has 0 atom stereocenters. The van der Waals surface area contributed by atoms with Crippen molar-refractivity contribution < 1.29 is 14.1 Å². The summed E-state index contributed by atoms with van der Waals surface area (Å²) in [6, 6.07) is 12.6. The number of rotatable bonds is 5. The van der Waals surface area contributed by atoms with Gasteiger partial charge in [-0.2, -0.15) is 4.98 Å². The highest BCUT2D eigenvalue weighted by molar-refractivity contribution is 5.94. The number of nitrogens with zero attached hydrogens (tertiary/aromatic N) is 4. The van der Waals surface area contributed by atoms with Gasteiger partial charge < -0.3 is 14.2 Å². The molecule has 3 rings (SSSR count). The summed E-state index contributed by atoms with van der Waals surface area (Å²) in [4.78, 5) is 22.1. The monoisotopic (exact) mass is 310 g/mol. The Labute approximate surface area is 132 Å². The molecule has 1 amide bonds. The minimum atomic E-state index is -0.290. The molecule has 0 bridgehead atoms. The van der Waals surface area contributed by atoms with Crippen LogP contribution in [0.2, 0.25) is 0 Å². The van der Waals surface area contributed by atoms with E-state index in [0.717, 1.165) is 0 Å². The van der Waals surface area contributed by atoms with Crippen LogP contribution in [0.5, 0.6) is 11.5 Å². The zero-order valence-electron chi connectivity index (χ0n) is 12.4. The van der Waals surface area contributed by atoms with E-state index in [1.54, 1.807) is 25.4 Å². The topological polar surface area (TPSA) is 81.4 Å². The first kappa shape index (κ1) is 14.7. The molecule has 0 saturated heterocycles. The van der Waals surface area contributed by atoms with E-state index in [2.05, 4.69) is 19.6 Å². The molecule has 0 radical (unpaired) electrons. The molecule has 0 unspecified atom stereocenters. The quantitative estimate of drug-likeness (QED) is 0.720. The van der Waals surface area contributed by atoms with E-state index >= 15 is 0 Å². The zero-order valence-corrected chi connectivity index (χ0v) is 12.4. The third-order valence-corrected chi connectivity index (χ3v) is 3.08. The normalized spacial score (nSPS) is 10.3. The summed E-state index contributed by atoms with van der Waals surface area (Å²) in [6.45, 7) is 0.219. The first-order chi connectivity index (χ1) is 11.2. The van der Waals surface area contributed by atoms with Crippen molar-refractivity contribution in [2.24, 2.45) is 0 Å². The van der Waals surface area contributed by atoms with Crippen LogP contribution in [-0.4, -0.2) is 33.0 Å². The van der Waals surface area contributed by atoms with Crippen LogP contribution in [0, 0.1) is 0 Å². The molecule has 7 heteroatoms. The Bertz CT molecular complexity index is 775. The van der Waals surface area contributed by atoms with E-state index in [-0.39, 0.29) is 18.1 Å². The van der Waals surface area contributed by atoms with Crippen molar-refractivity contribution in [1.29, 1.82) is 0 Å². The average molecular weight is 310 g/mol. The number of hydrogen-bond donors (Lipinski definition) is 0. The summed E-state index contributed by atoms with van der Waals surface area (Å²) in [7, 11) is 1.64. The van der Waals surface area contributed by atoms with Crippen LogP contribution in [0.3, 0.4) is 0 Å². The highest BCUT2D eigenvalue weighted by Crippen LogP contribution is 2.24. The second-order valence-corrected chi connectivity index (χ2v) is 4.77. The lowest BCUT2D eigenvalue weighted by Gasteiger charge is -2.16. The van der Waals surface area contributed by atoms with Crippen LogP contribution in [0.4, 0.5) is 0 Å². The highest BCUT2D eigenvalue weighted by Gasteiger charge is 2.20. The smallest absolute Gasteiger partial charge is 0.276 e. The molecule has 3 aromatic rings. The van der Waals surface area contributed by atoms with E-state index in [0.29, 0.717) is 17.3 Å². The third kappa shape index (κ3) is 3.52. The first-order valence-electron chi connectivity index (χ1n) is 6.92. The summed E-state index contributed by atoms with van der Waals surface area (Å²) in [5.74, 6) is 1.16. The molecule has 0 spiro atoms. The molecule has 0 aliphatic heterocycles. The second-order valence-electron chi connectivity index (χ2n) is 4.77. The summed E-state index contributed by atoms with van der Waals surface area (Å²) < 4.78 is 10.4. The maximum atomic E-state index is 12.6. The Balaban J connectivity index is 1.80. The first-order valence-corrected chi connectivity index (χ1v) is 6.92. The van der Waals surface area contributed by atoms with Crippen molar-refractivity contribution in [3.63, 3.8) is 0 Å². The van der Waals surface area contributed by atoms with E-state index in [9.17, 15) is 4.79 Å². The van der Waals surface area contributed by atoms with Gasteiger partial charge in [0.15, 0.2) is 17.3 Å². The Morgan fingerprint density at radius 3 is 2.74 bits per heavy atom. The van der Waals surface area contributed by atoms with Crippen molar-refractivity contribution >= 4 is 5.91 Å². The Morgan fingerprint density at radius 1 is 1.17 bits per heavy atom. The number of hydrogen-bond acceptors (Lipinski definition) is 6. The predicted octanol–water partition coefficient (Wildman–Crippen LogP) is 2.53. The largest absolute Gasteiger partial charge is 0.455 e. The van der Waals surface area contributed by atoms with Gasteiger partial charge in [-0.05, 0) is 24.3 Å². The molecule has 23 heavy (non-hydrogen) atoms. The summed E-state index contributed by atoms with van der Waals surface area (Å²) in [5.41, 5.74) is 0.224. The van der Waals surface area contributed by atoms with Crippen molar-refractivity contribution in [3.05, 3.63) is 66.6 Å². The van der Waals surface area contributed by atoms with E-state index in [1.165, 1.54) is 11.3 Å². The second kappa shape index (κ2) is 6.69. The van der Waals surface area contributed by atoms with Gasteiger partial charge >= 0.3 is 0 Å². The fraction of sp³-hybridized carbons (Fsp3) is 0.125. The SMILES string of the molecule is CN(Cc1ncon1)C(=O)c1ncccc1Oc1ccccc1. The number of carbonyl (C=O) groups is 1. The Kier molecular flexibility index (Phi) is 4.28. The molecule has 0 fully saturated rings. The summed E-state index contributed by atoms with van der Waals surface area (Å²) in [6.07, 6.45) is 2.77. The highest BCUT2D eigenvalue weighted by atomic mass is 16.5. The molecule has 2 aromatic heterocycles. The Hall–Kier alpha value is -3.22. The van der Waals surface area contributed by atoms with E-state index < -0.39 is 0 Å². The number of amides is 1. The van der Waals surface area contributed by atoms with Gasteiger partial charge in [-0.25, -0.2) is 4.98 Å². The third-order valence-electron chi connectivity index (χ3n) is 3.08. The van der Waals surface area contributed by atoms with Gasteiger partial charge in [-0.1, -0.05) is 23.4 Å². The molecular formula is C16H14N4O3. The fourth-order valence-electron chi connectivity index (χ4n) is 1.98. The number of pyridine rings is 1. The van der Waals surface area contributed by atoms with Crippen LogP contribution in [0.25, 0.3) is 0 Å². The molecule has 2 heterocycles. The number of ether oxygens (including phenoxy) is 1. The predicted molar refractivity (Wildman–Crippen MR) is 80.8 cm³/mol. The lowest BCUT2D eigenvalue weighted by Crippen LogP contribution is -2.27. The van der Waals surface area contributed by atoms with Gasteiger partial charge in [0.25, 0.3) is 5.91 Å². The van der Waals surface area contributed by atoms with E-state index in [4.69, 9.17) is 4.74 Å². The fourth-order valence-corrected chi connectivity index (χ4v) is 1.98. The molecular weight excluding hydrogens is 296 g/mol. The minimum absolute atomic E-state index is 0.219. The standard InChI is InChI=1S/C16H14N4O3/c1-20(10-14-18-11-22-19-14)16(21)15-13(8-5-9-17-15)23-12-6-3-2-4-7-12/h2-9,11H,10H2,1H3. The molecule has 116 valence electrons. The molecule has 0 aliphatic rings. The average Bonchev–Trinajstić information content (AvgIpc) is 3.08. The number of para-hydroxylation sites is 1. The van der Waals surface area contributed by atoms with Gasteiger partial charge in [-0.3, -0.25) is 4.79 Å². The van der Waals surface area contributed by atoms with Crippen LogP contribution >= 0.6 is 0 Å². The molecule has 0 aliphatic carbocycles. The zero-order chi connectivity index (χ0) is 16.1. The van der Waals surface area contributed by atoms with Crippen molar-refractivity contribution in [2.45, 2.75) is 6.54 Å². The van der Waals surface area contributed by atoms with Gasteiger partial charge in [0.2, 0.25) is 6.39 Å². The molecule has 0 saturated carbocycles. The maximum Gasteiger partial charge on any atom is 0.276 e.